The fourth-order valence-electron chi connectivity index (χ4n) is 2.56. The zero-order valence-electron chi connectivity index (χ0n) is 12.0. The third-order valence-corrected chi connectivity index (χ3v) is 5.56. The molecule has 114 valence electrons. The third kappa shape index (κ3) is 4.80. The lowest BCUT2D eigenvalue weighted by molar-refractivity contribution is 0.461. The highest BCUT2D eigenvalue weighted by Crippen LogP contribution is 2.24. The Balaban J connectivity index is 2.02. The van der Waals surface area contributed by atoms with Crippen molar-refractivity contribution in [3.63, 3.8) is 0 Å². The Morgan fingerprint density at radius 3 is 2.65 bits per heavy atom. The minimum atomic E-state index is -3.47. The van der Waals surface area contributed by atoms with E-state index in [0.717, 1.165) is 37.1 Å². The molecule has 0 amide bonds. The Bertz CT molecular complexity index is 494. The fraction of sp³-hybridized carbons (Fsp3) is 0.769. The van der Waals surface area contributed by atoms with E-state index < -0.39 is 10.2 Å². The van der Waals surface area contributed by atoms with Crippen molar-refractivity contribution in [1.29, 1.82) is 0 Å². The van der Waals surface area contributed by atoms with Gasteiger partial charge in [-0.2, -0.15) is 17.9 Å². The molecule has 1 aromatic rings. The van der Waals surface area contributed by atoms with Gasteiger partial charge in [-0.15, -0.1) is 11.3 Å². The zero-order chi connectivity index (χ0) is 14.6. The molecule has 2 rings (SSSR count). The Hall–Kier alpha value is -0.500. The van der Waals surface area contributed by atoms with Crippen LogP contribution in [0.15, 0.2) is 11.6 Å². The van der Waals surface area contributed by atoms with Crippen LogP contribution in [-0.2, 0) is 10.2 Å². The third-order valence-electron chi connectivity index (χ3n) is 3.43. The van der Waals surface area contributed by atoms with E-state index in [2.05, 4.69) is 28.3 Å². The van der Waals surface area contributed by atoms with Gasteiger partial charge in [-0.1, -0.05) is 26.7 Å². The molecule has 1 atom stereocenters. The van der Waals surface area contributed by atoms with Crippen LogP contribution in [0, 0.1) is 5.92 Å². The second-order valence-corrected chi connectivity index (χ2v) is 8.18. The SMILES string of the molecule is CC(C)CC(NS(=O)(=O)NC1CCCC1)c1nccs1. The molecule has 1 fully saturated rings. The topological polar surface area (TPSA) is 71.1 Å². The smallest absolute Gasteiger partial charge is 0.248 e. The first-order chi connectivity index (χ1) is 9.46. The molecule has 5 nitrogen and oxygen atoms in total. The molecule has 0 radical (unpaired) electrons. The van der Waals surface area contributed by atoms with Crippen LogP contribution in [0.25, 0.3) is 0 Å². The lowest BCUT2D eigenvalue weighted by Crippen LogP contribution is -2.43. The number of rotatable bonds is 7. The van der Waals surface area contributed by atoms with Crippen LogP contribution in [0.1, 0.15) is 57.0 Å². The summed E-state index contributed by atoms with van der Waals surface area (Å²) in [4.78, 5) is 4.25. The van der Waals surface area contributed by atoms with E-state index in [1.807, 2.05) is 5.38 Å². The lowest BCUT2D eigenvalue weighted by atomic mass is 10.1. The largest absolute Gasteiger partial charge is 0.277 e. The van der Waals surface area contributed by atoms with Gasteiger partial charge < -0.3 is 0 Å². The number of thiazole rings is 1. The zero-order valence-corrected chi connectivity index (χ0v) is 13.6. The van der Waals surface area contributed by atoms with E-state index in [9.17, 15) is 8.42 Å². The molecule has 0 saturated heterocycles. The van der Waals surface area contributed by atoms with E-state index in [-0.39, 0.29) is 12.1 Å². The average Bonchev–Trinajstić information content (AvgIpc) is 2.97. The summed E-state index contributed by atoms with van der Waals surface area (Å²) in [6, 6.07) is -0.155. The van der Waals surface area contributed by atoms with Gasteiger partial charge in [0, 0.05) is 17.6 Å². The molecule has 1 aliphatic rings. The normalized spacial score (nSPS) is 18.8. The molecule has 1 saturated carbocycles. The molecular weight excluding hydrogens is 294 g/mol. The molecule has 7 heteroatoms. The van der Waals surface area contributed by atoms with Gasteiger partial charge in [-0.3, -0.25) is 0 Å². The summed E-state index contributed by atoms with van der Waals surface area (Å²) in [5.74, 6) is 0.401. The molecule has 0 bridgehead atoms. The minimum Gasteiger partial charge on any atom is -0.248 e. The van der Waals surface area contributed by atoms with Gasteiger partial charge >= 0.3 is 0 Å². The first-order valence-corrected chi connectivity index (χ1v) is 9.51. The van der Waals surface area contributed by atoms with Crippen LogP contribution in [0.2, 0.25) is 0 Å². The summed E-state index contributed by atoms with van der Waals surface area (Å²) >= 11 is 1.49. The van der Waals surface area contributed by atoms with Crippen molar-refractivity contribution < 1.29 is 8.42 Å². The monoisotopic (exact) mass is 317 g/mol. The number of hydrogen-bond donors (Lipinski definition) is 2. The van der Waals surface area contributed by atoms with E-state index in [1.165, 1.54) is 11.3 Å². The number of nitrogens with one attached hydrogen (secondary N) is 2. The summed E-state index contributed by atoms with van der Waals surface area (Å²) in [5, 5.41) is 2.71. The molecule has 1 aliphatic carbocycles. The Morgan fingerprint density at radius 2 is 2.10 bits per heavy atom. The van der Waals surface area contributed by atoms with E-state index in [4.69, 9.17) is 0 Å². The van der Waals surface area contributed by atoms with Crippen molar-refractivity contribution in [2.45, 2.75) is 58.0 Å². The van der Waals surface area contributed by atoms with E-state index in [1.54, 1.807) is 6.20 Å². The van der Waals surface area contributed by atoms with Crippen LogP contribution in [-0.4, -0.2) is 19.4 Å². The molecule has 1 unspecified atom stereocenters. The van der Waals surface area contributed by atoms with E-state index >= 15 is 0 Å². The number of hydrogen-bond acceptors (Lipinski definition) is 4. The van der Waals surface area contributed by atoms with Gasteiger partial charge in [0.1, 0.15) is 5.01 Å². The quantitative estimate of drug-likeness (QED) is 0.812. The van der Waals surface area contributed by atoms with Crippen molar-refractivity contribution in [2.24, 2.45) is 5.92 Å². The van der Waals surface area contributed by atoms with Gasteiger partial charge in [0.25, 0.3) is 10.2 Å². The number of aromatic nitrogens is 1. The maximum Gasteiger partial charge on any atom is 0.277 e. The maximum absolute atomic E-state index is 12.2. The van der Waals surface area contributed by atoms with Crippen LogP contribution >= 0.6 is 11.3 Å². The average molecular weight is 317 g/mol. The first kappa shape index (κ1) is 15.9. The van der Waals surface area contributed by atoms with Crippen molar-refractivity contribution in [1.82, 2.24) is 14.4 Å². The van der Waals surface area contributed by atoms with Gasteiger partial charge in [-0.25, -0.2) is 4.98 Å². The summed E-state index contributed by atoms with van der Waals surface area (Å²) in [6.07, 6.45) is 6.55. The van der Waals surface area contributed by atoms with Crippen molar-refractivity contribution in [3.05, 3.63) is 16.6 Å². The van der Waals surface area contributed by atoms with Crippen LogP contribution in [0.4, 0.5) is 0 Å². The summed E-state index contributed by atoms with van der Waals surface area (Å²) in [6.45, 7) is 4.17. The predicted molar refractivity (Wildman–Crippen MR) is 81.8 cm³/mol. The molecule has 0 spiro atoms. The van der Waals surface area contributed by atoms with Crippen molar-refractivity contribution >= 4 is 21.5 Å². The summed E-state index contributed by atoms with van der Waals surface area (Å²) in [5.41, 5.74) is 0. The fourth-order valence-corrected chi connectivity index (χ4v) is 4.66. The molecule has 0 aliphatic heterocycles. The van der Waals surface area contributed by atoms with Crippen molar-refractivity contribution in [2.75, 3.05) is 0 Å². The van der Waals surface area contributed by atoms with Crippen molar-refractivity contribution in [3.8, 4) is 0 Å². The predicted octanol–water partition coefficient (Wildman–Crippen LogP) is 2.60. The summed E-state index contributed by atoms with van der Waals surface area (Å²) < 4.78 is 30.0. The highest BCUT2D eigenvalue weighted by atomic mass is 32.2. The van der Waals surface area contributed by atoms with Gasteiger partial charge in [0.15, 0.2) is 0 Å². The molecule has 1 heterocycles. The molecule has 0 aromatic carbocycles. The second-order valence-electron chi connectivity index (χ2n) is 5.77. The standard InChI is InChI=1S/C13H23N3O2S2/c1-10(2)9-12(13-14-7-8-19-13)16-20(17,18)15-11-5-3-4-6-11/h7-8,10-12,15-16H,3-6,9H2,1-2H3. The Labute approximate surface area is 125 Å². The van der Waals surface area contributed by atoms with Crippen LogP contribution in [0.5, 0.6) is 0 Å². The maximum atomic E-state index is 12.2. The van der Waals surface area contributed by atoms with Gasteiger partial charge in [0.2, 0.25) is 0 Å². The van der Waals surface area contributed by atoms with Crippen LogP contribution in [0.3, 0.4) is 0 Å². The molecule has 20 heavy (non-hydrogen) atoms. The highest BCUT2D eigenvalue weighted by Gasteiger charge is 2.26. The lowest BCUT2D eigenvalue weighted by Gasteiger charge is -2.20. The first-order valence-electron chi connectivity index (χ1n) is 7.15. The van der Waals surface area contributed by atoms with Gasteiger partial charge in [-0.05, 0) is 25.2 Å². The highest BCUT2D eigenvalue weighted by molar-refractivity contribution is 7.87. The molecule has 1 aromatic heterocycles. The number of nitrogens with zero attached hydrogens (tertiary/aromatic N) is 1. The summed E-state index contributed by atoms with van der Waals surface area (Å²) in [7, 11) is -3.47. The van der Waals surface area contributed by atoms with E-state index in [0.29, 0.717) is 5.92 Å². The Morgan fingerprint density at radius 1 is 1.40 bits per heavy atom. The molecular formula is C13H23N3O2S2. The second kappa shape index (κ2) is 6.98. The Kier molecular flexibility index (Phi) is 5.54. The van der Waals surface area contributed by atoms with Crippen LogP contribution < -0.4 is 9.44 Å². The molecule has 2 N–H and O–H groups in total. The minimum absolute atomic E-state index is 0.0866. The van der Waals surface area contributed by atoms with Gasteiger partial charge in [0.05, 0.1) is 6.04 Å².